The lowest BCUT2D eigenvalue weighted by Gasteiger charge is -2.15. The summed E-state index contributed by atoms with van der Waals surface area (Å²) in [6.45, 7) is 2.53. The van der Waals surface area contributed by atoms with E-state index in [2.05, 4.69) is 10.3 Å². The number of hydrogen-bond acceptors (Lipinski definition) is 6. The van der Waals surface area contributed by atoms with Gasteiger partial charge in [-0.05, 0) is 49.6 Å². The number of carbonyl (C=O) groups excluding carboxylic acids is 1. The quantitative estimate of drug-likeness (QED) is 0.505. The van der Waals surface area contributed by atoms with Crippen molar-refractivity contribution >= 4 is 43.4 Å². The van der Waals surface area contributed by atoms with Gasteiger partial charge in [-0.25, -0.2) is 9.78 Å². The van der Waals surface area contributed by atoms with Crippen molar-refractivity contribution in [2.75, 3.05) is 11.9 Å². The van der Waals surface area contributed by atoms with Gasteiger partial charge in [0, 0.05) is 23.9 Å². The largest absolute Gasteiger partial charge is 0.376 e. The van der Waals surface area contributed by atoms with Gasteiger partial charge in [-0.1, -0.05) is 12.1 Å². The second-order valence-electron chi connectivity index (χ2n) is 7.97. The van der Waals surface area contributed by atoms with Crippen LogP contribution < -0.4 is 16.6 Å². The number of nitrogens with zero attached hydrogens (tertiary/aromatic N) is 3. The summed E-state index contributed by atoms with van der Waals surface area (Å²) in [5.74, 6) is -0.343. The highest BCUT2D eigenvalue weighted by Gasteiger charge is 2.23. The third-order valence-corrected chi connectivity index (χ3v) is 6.72. The number of benzene rings is 1. The van der Waals surface area contributed by atoms with Crippen LogP contribution in [0.5, 0.6) is 0 Å². The van der Waals surface area contributed by atoms with Crippen molar-refractivity contribution in [1.82, 2.24) is 14.1 Å². The molecule has 0 unspecified atom stereocenters. The Balaban J connectivity index is 1.62. The Morgan fingerprint density at radius 3 is 2.91 bits per heavy atom. The molecule has 164 valence electrons. The first kappa shape index (κ1) is 20.6. The van der Waals surface area contributed by atoms with Crippen LogP contribution in [0.15, 0.2) is 52.2 Å². The summed E-state index contributed by atoms with van der Waals surface area (Å²) in [6.07, 6.45) is 3.17. The molecular weight excluding hydrogens is 428 g/mol. The Morgan fingerprint density at radius 1 is 1.25 bits per heavy atom. The van der Waals surface area contributed by atoms with E-state index in [-0.39, 0.29) is 30.7 Å². The van der Waals surface area contributed by atoms with Gasteiger partial charge >= 0.3 is 5.69 Å². The molecule has 0 bridgehead atoms. The monoisotopic (exact) mass is 450 g/mol. The van der Waals surface area contributed by atoms with E-state index in [1.807, 2.05) is 31.2 Å². The molecule has 3 aromatic heterocycles. The van der Waals surface area contributed by atoms with E-state index in [0.29, 0.717) is 32.7 Å². The van der Waals surface area contributed by atoms with Gasteiger partial charge in [0.05, 0.1) is 18.2 Å². The molecule has 8 nitrogen and oxygen atoms in total. The number of amides is 1. The number of ether oxygens (including phenoxy) is 1. The van der Waals surface area contributed by atoms with Gasteiger partial charge in [0.1, 0.15) is 16.1 Å². The highest BCUT2D eigenvalue weighted by atomic mass is 32.1. The SMILES string of the molecule is Cc1cccc(NC(=O)Cn2c(=O)n(C[C@@H]3CCCO3)c(=O)c3sc4ncccc4c32)c1. The molecule has 0 radical (unpaired) electrons. The van der Waals surface area contributed by atoms with Crippen LogP contribution in [-0.2, 0) is 22.6 Å². The maximum absolute atomic E-state index is 13.4. The lowest BCUT2D eigenvalue weighted by atomic mass is 10.2. The molecular formula is C23H22N4O4S. The average molecular weight is 451 g/mol. The van der Waals surface area contributed by atoms with Gasteiger partial charge in [-0.15, -0.1) is 11.3 Å². The van der Waals surface area contributed by atoms with Crippen molar-refractivity contribution in [2.24, 2.45) is 0 Å². The topological polar surface area (TPSA) is 95.2 Å². The van der Waals surface area contributed by atoms with Crippen molar-refractivity contribution in [1.29, 1.82) is 0 Å². The molecule has 0 spiro atoms. The molecule has 1 fully saturated rings. The van der Waals surface area contributed by atoms with E-state index in [9.17, 15) is 14.4 Å². The van der Waals surface area contributed by atoms with Crippen LogP contribution in [0.1, 0.15) is 18.4 Å². The summed E-state index contributed by atoms with van der Waals surface area (Å²) in [6, 6.07) is 11.0. The van der Waals surface area contributed by atoms with Crippen LogP contribution in [0.2, 0.25) is 0 Å². The Hall–Kier alpha value is -3.30. The van der Waals surface area contributed by atoms with Gasteiger partial charge in [0.2, 0.25) is 5.91 Å². The molecule has 1 atom stereocenters. The van der Waals surface area contributed by atoms with Gasteiger partial charge in [-0.3, -0.25) is 18.7 Å². The van der Waals surface area contributed by atoms with E-state index in [4.69, 9.17) is 4.74 Å². The summed E-state index contributed by atoms with van der Waals surface area (Å²) < 4.78 is 8.66. The predicted octanol–water partition coefficient (Wildman–Crippen LogP) is 2.90. The fraction of sp³-hybridized carbons (Fsp3) is 0.304. The summed E-state index contributed by atoms with van der Waals surface area (Å²) in [5, 5.41) is 3.54. The molecule has 4 heterocycles. The minimum absolute atomic E-state index is 0.175. The molecule has 1 amide bonds. The van der Waals surface area contributed by atoms with E-state index in [1.54, 1.807) is 18.3 Å². The van der Waals surface area contributed by atoms with Crippen LogP contribution in [0, 0.1) is 6.92 Å². The minimum atomic E-state index is -0.513. The van der Waals surface area contributed by atoms with E-state index in [1.165, 1.54) is 20.5 Å². The Kier molecular flexibility index (Phi) is 5.36. The van der Waals surface area contributed by atoms with Gasteiger partial charge in [0.15, 0.2) is 0 Å². The Labute approximate surface area is 187 Å². The summed E-state index contributed by atoms with van der Waals surface area (Å²) in [4.78, 5) is 44.6. The first-order chi connectivity index (χ1) is 15.5. The fourth-order valence-corrected chi connectivity index (χ4v) is 5.25. The summed E-state index contributed by atoms with van der Waals surface area (Å²) >= 11 is 1.24. The van der Waals surface area contributed by atoms with Gasteiger partial charge in [0.25, 0.3) is 5.56 Å². The van der Waals surface area contributed by atoms with Crippen molar-refractivity contribution in [2.45, 2.75) is 39.0 Å². The van der Waals surface area contributed by atoms with Crippen molar-refractivity contribution < 1.29 is 9.53 Å². The van der Waals surface area contributed by atoms with Crippen LogP contribution in [-0.4, -0.2) is 32.7 Å². The zero-order valence-corrected chi connectivity index (χ0v) is 18.4. The standard InChI is InChI=1S/C23H22N4O4S/c1-14-5-2-6-15(11-14)25-18(28)13-26-19-17-8-3-9-24-21(17)32-20(19)22(29)27(23(26)30)12-16-7-4-10-31-16/h2-3,5-6,8-9,11,16H,4,7,10,12-13H2,1H3,(H,25,28)/t16-/m0/s1. The molecule has 1 aliphatic heterocycles. The third kappa shape index (κ3) is 3.74. The Morgan fingerprint density at radius 2 is 2.12 bits per heavy atom. The smallest absolute Gasteiger partial charge is 0.332 e. The fourth-order valence-electron chi connectivity index (χ4n) is 4.15. The van der Waals surface area contributed by atoms with Crippen molar-refractivity contribution in [3.05, 3.63) is 69.0 Å². The number of hydrogen-bond donors (Lipinski definition) is 1. The average Bonchev–Trinajstić information content (AvgIpc) is 3.42. The van der Waals surface area contributed by atoms with E-state index >= 15 is 0 Å². The van der Waals surface area contributed by atoms with Crippen LogP contribution in [0.25, 0.3) is 20.4 Å². The van der Waals surface area contributed by atoms with E-state index < -0.39 is 5.69 Å². The number of thiophene rings is 1. The molecule has 1 aliphatic rings. The van der Waals surface area contributed by atoms with Crippen LogP contribution in [0.4, 0.5) is 5.69 Å². The van der Waals surface area contributed by atoms with Gasteiger partial charge < -0.3 is 10.1 Å². The predicted molar refractivity (Wildman–Crippen MR) is 124 cm³/mol. The van der Waals surface area contributed by atoms with Crippen molar-refractivity contribution in [3.8, 4) is 0 Å². The van der Waals surface area contributed by atoms with Crippen LogP contribution in [0.3, 0.4) is 0 Å². The molecule has 0 aliphatic carbocycles. The number of pyridine rings is 1. The van der Waals surface area contributed by atoms with Crippen LogP contribution >= 0.6 is 11.3 Å². The number of rotatable bonds is 5. The summed E-state index contributed by atoms with van der Waals surface area (Å²) in [5.41, 5.74) is 1.25. The second kappa shape index (κ2) is 8.33. The second-order valence-corrected chi connectivity index (χ2v) is 8.97. The first-order valence-corrected chi connectivity index (χ1v) is 11.3. The molecule has 1 aromatic carbocycles. The van der Waals surface area contributed by atoms with E-state index in [0.717, 1.165) is 18.4 Å². The highest BCUT2D eigenvalue weighted by molar-refractivity contribution is 7.25. The number of nitrogens with one attached hydrogen (secondary N) is 1. The molecule has 0 saturated carbocycles. The number of aromatic nitrogens is 3. The zero-order chi connectivity index (χ0) is 22.2. The zero-order valence-electron chi connectivity index (χ0n) is 17.5. The number of fused-ring (bicyclic) bond motifs is 3. The molecule has 32 heavy (non-hydrogen) atoms. The molecule has 1 N–H and O–H groups in total. The molecule has 1 saturated heterocycles. The molecule has 9 heteroatoms. The molecule has 4 aromatic rings. The number of aryl methyl sites for hydroxylation is 1. The van der Waals surface area contributed by atoms with Gasteiger partial charge in [-0.2, -0.15) is 0 Å². The lowest BCUT2D eigenvalue weighted by molar-refractivity contribution is -0.116. The number of carbonyl (C=O) groups is 1. The lowest BCUT2D eigenvalue weighted by Crippen LogP contribution is -2.43. The highest BCUT2D eigenvalue weighted by Crippen LogP contribution is 2.29. The summed E-state index contributed by atoms with van der Waals surface area (Å²) in [7, 11) is 0. The first-order valence-electron chi connectivity index (χ1n) is 10.5. The third-order valence-electron chi connectivity index (χ3n) is 5.62. The maximum atomic E-state index is 13.4. The Bertz CT molecular complexity index is 1450. The number of anilines is 1. The normalized spacial score (nSPS) is 16.1. The van der Waals surface area contributed by atoms with Crippen molar-refractivity contribution in [3.63, 3.8) is 0 Å². The maximum Gasteiger partial charge on any atom is 0.332 e. The minimum Gasteiger partial charge on any atom is -0.376 e. The molecule has 5 rings (SSSR count).